The third kappa shape index (κ3) is 2.40. The molecule has 0 aliphatic carbocycles. The third-order valence-electron chi connectivity index (χ3n) is 3.55. The van der Waals surface area contributed by atoms with Crippen LogP contribution >= 0.6 is 34.8 Å². The molecule has 0 saturated carbocycles. The molecule has 0 bridgehead atoms. The number of anilines is 1. The van der Waals surface area contributed by atoms with Crippen LogP contribution in [-0.4, -0.2) is 11.9 Å². The number of β-lactam (4-membered cyclic amide) rings is 1. The van der Waals surface area contributed by atoms with Crippen molar-refractivity contribution in [3.63, 3.8) is 0 Å². The molecule has 3 rings (SSSR count). The van der Waals surface area contributed by atoms with Crippen LogP contribution < -0.4 is 10.6 Å². The molecule has 1 aliphatic heterocycles. The van der Waals surface area contributed by atoms with Crippen molar-refractivity contribution in [3.05, 3.63) is 63.1 Å². The summed E-state index contributed by atoms with van der Waals surface area (Å²) in [5.41, 5.74) is 7.42. The van der Waals surface area contributed by atoms with Gasteiger partial charge < -0.3 is 10.6 Å². The number of hydrogen-bond donors (Lipinski definition) is 1. The molecule has 0 radical (unpaired) electrons. The number of hydrogen-bond acceptors (Lipinski definition) is 2. The lowest BCUT2D eigenvalue weighted by Crippen LogP contribution is -2.63. The molecule has 21 heavy (non-hydrogen) atoms. The van der Waals surface area contributed by atoms with Crippen molar-refractivity contribution in [3.8, 4) is 0 Å². The van der Waals surface area contributed by atoms with E-state index < -0.39 is 6.04 Å². The second-order valence-corrected chi connectivity index (χ2v) is 6.02. The quantitative estimate of drug-likeness (QED) is 0.837. The predicted molar refractivity (Wildman–Crippen MR) is 86.1 cm³/mol. The van der Waals surface area contributed by atoms with E-state index in [1.54, 1.807) is 29.2 Å². The average Bonchev–Trinajstić information content (AvgIpc) is 2.48. The van der Waals surface area contributed by atoms with Crippen LogP contribution in [0.15, 0.2) is 42.5 Å². The fourth-order valence-corrected chi connectivity index (χ4v) is 3.02. The molecular formula is C15H11Cl3N2O. The molecule has 1 heterocycles. The van der Waals surface area contributed by atoms with Gasteiger partial charge in [0, 0.05) is 10.7 Å². The fourth-order valence-electron chi connectivity index (χ4n) is 2.48. The molecular weight excluding hydrogens is 331 g/mol. The van der Waals surface area contributed by atoms with Crippen LogP contribution in [-0.2, 0) is 4.79 Å². The van der Waals surface area contributed by atoms with Gasteiger partial charge in [0.2, 0.25) is 5.91 Å². The second kappa shape index (κ2) is 5.50. The number of carbonyl (C=O) groups is 1. The first-order valence-electron chi connectivity index (χ1n) is 6.29. The smallest absolute Gasteiger partial charge is 0.247 e. The summed E-state index contributed by atoms with van der Waals surface area (Å²) in [5, 5.41) is 1.41. The summed E-state index contributed by atoms with van der Waals surface area (Å²) in [6.07, 6.45) is 0. The molecule has 1 aliphatic rings. The first-order chi connectivity index (χ1) is 10.0. The van der Waals surface area contributed by atoms with Crippen molar-refractivity contribution >= 4 is 46.4 Å². The number of nitrogens with two attached hydrogens (primary N) is 1. The summed E-state index contributed by atoms with van der Waals surface area (Å²) in [5.74, 6) is -0.168. The fraction of sp³-hybridized carbons (Fsp3) is 0.133. The normalized spacial score (nSPS) is 21.3. The summed E-state index contributed by atoms with van der Waals surface area (Å²) in [6.45, 7) is 0. The van der Waals surface area contributed by atoms with Crippen LogP contribution in [0.25, 0.3) is 0 Å². The van der Waals surface area contributed by atoms with Crippen molar-refractivity contribution < 1.29 is 4.79 Å². The highest BCUT2D eigenvalue weighted by molar-refractivity contribution is 6.42. The molecule has 2 aromatic rings. The summed E-state index contributed by atoms with van der Waals surface area (Å²) in [4.78, 5) is 13.7. The Morgan fingerprint density at radius 2 is 1.67 bits per heavy atom. The van der Waals surface area contributed by atoms with Gasteiger partial charge in [-0.3, -0.25) is 4.79 Å². The van der Waals surface area contributed by atoms with Gasteiger partial charge in [-0.05, 0) is 29.8 Å². The highest BCUT2D eigenvalue weighted by Gasteiger charge is 2.47. The minimum absolute atomic E-state index is 0.168. The first kappa shape index (κ1) is 14.7. The Balaban J connectivity index is 2.02. The van der Waals surface area contributed by atoms with Crippen LogP contribution in [0.1, 0.15) is 11.6 Å². The van der Waals surface area contributed by atoms with E-state index in [1.807, 2.05) is 18.2 Å². The monoisotopic (exact) mass is 340 g/mol. The van der Waals surface area contributed by atoms with E-state index in [1.165, 1.54) is 0 Å². The van der Waals surface area contributed by atoms with Gasteiger partial charge in [0.1, 0.15) is 6.04 Å². The highest BCUT2D eigenvalue weighted by atomic mass is 35.5. The Bertz CT molecular complexity index is 720. The highest BCUT2D eigenvalue weighted by Crippen LogP contribution is 2.41. The molecule has 2 N–H and O–H groups in total. The van der Waals surface area contributed by atoms with Crippen LogP contribution in [0, 0.1) is 0 Å². The number of halogens is 3. The molecule has 1 fully saturated rings. The second-order valence-electron chi connectivity index (χ2n) is 4.80. The minimum Gasteiger partial charge on any atom is -0.318 e. The summed E-state index contributed by atoms with van der Waals surface area (Å²) in [6, 6.07) is 11.5. The Labute approximate surface area is 137 Å². The maximum atomic E-state index is 12.1. The van der Waals surface area contributed by atoms with E-state index in [0.29, 0.717) is 20.8 Å². The van der Waals surface area contributed by atoms with Gasteiger partial charge in [0.25, 0.3) is 0 Å². The first-order valence-corrected chi connectivity index (χ1v) is 7.42. The average molecular weight is 342 g/mol. The molecule has 0 unspecified atom stereocenters. The Kier molecular flexibility index (Phi) is 3.84. The molecule has 2 atom stereocenters. The topological polar surface area (TPSA) is 46.3 Å². The lowest BCUT2D eigenvalue weighted by atomic mass is 9.88. The van der Waals surface area contributed by atoms with Gasteiger partial charge in [-0.25, -0.2) is 0 Å². The van der Waals surface area contributed by atoms with Gasteiger partial charge in [0.05, 0.1) is 16.1 Å². The molecule has 0 aromatic heterocycles. The number of nitrogens with zero attached hydrogens (tertiary/aromatic N) is 1. The van der Waals surface area contributed by atoms with Gasteiger partial charge in [-0.2, -0.15) is 0 Å². The van der Waals surface area contributed by atoms with Crippen molar-refractivity contribution in [2.75, 3.05) is 4.90 Å². The van der Waals surface area contributed by atoms with E-state index in [2.05, 4.69) is 0 Å². The lowest BCUT2D eigenvalue weighted by molar-refractivity contribution is -0.126. The van der Waals surface area contributed by atoms with Crippen LogP contribution in [0.2, 0.25) is 15.1 Å². The van der Waals surface area contributed by atoms with Crippen molar-refractivity contribution in [1.29, 1.82) is 0 Å². The van der Waals surface area contributed by atoms with Gasteiger partial charge >= 0.3 is 0 Å². The zero-order valence-electron chi connectivity index (χ0n) is 10.8. The number of benzene rings is 2. The van der Waals surface area contributed by atoms with E-state index in [0.717, 1.165) is 5.56 Å². The molecule has 108 valence electrons. The summed E-state index contributed by atoms with van der Waals surface area (Å²) >= 11 is 18.1. The van der Waals surface area contributed by atoms with E-state index in [4.69, 9.17) is 40.5 Å². The standard InChI is InChI=1S/C15H11Cl3N2O/c16-10-4-2-1-3-9(10)14-13(19)15(21)20(14)8-5-6-11(17)12(18)7-8/h1-7,13-14H,19H2/t13-,14-/m0/s1. The van der Waals surface area contributed by atoms with Crippen LogP contribution in [0.4, 0.5) is 5.69 Å². The lowest BCUT2D eigenvalue weighted by Gasteiger charge is -2.46. The number of amides is 1. The van der Waals surface area contributed by atoms with E-state index >= 15 is 0 Å². The predicted octanol–water partition coefficient (Wildman–Crippen LogP) is 4.06. The number of rotatable bonds is 2. The van der Waals surface area contributed by atoms with E-state index in [9.17, 15) is 4.79 Å². The Hall–Kier alpha value is -1.26. The molecule has 0 spiro atoms. The minimum atomic E-state index is -0.612. The molecule has 1 saturated heterocycles. The Morgan fingerprint density at radius 3 is 2.33 bits per heavy atom. The van der Waals surface area contributed by atoms with Crippen molar-refractivity contribution in [2.24, 2.45) is 5.73 Å². The molecule has 3 nitrogen and oxygen atoms in total. The zero-order valence-corrected chi connectivity index (χ0v) is 13.0. The Morgan fingerprint density at radius 1 is 0.952 bits per heavy atom. The van der Waals surface area contributed by atoms with Crippen molar-refractivity contribution in [2.45, 2.75) is 12.1 Å². The van der Waals surface area contributed by atoms with Crippen LogP contribution in [0.5, 0.6) is 0 Å². The van der Waals surface area contributed by atoms with Gasteiger partial charge in [-0.1, -0.05) is 53.0 Å². The zero-order chi connectivity index (χ0) is 15.1. The van der Waals surface area contributed by atoms with Crippen molar-refractivity contribution in [1.82, 2.24) is 0 Å². The molecule has 1 amide bonds. The largest absolute Gasteiger partial charge is 0.318 e. The SMILES string of the molecule is N[C@@H]1C(=O)N(c2ccc(Cl)c(Cl)c2)[C@H]1c1ccccc1Cl. The third-order valence-corrected chi connectivity index (χ3v) is 4.63. The van der Waals surface area contributed by atoms with Gasteiger partial charge in [0.15, 0.2) is 0 Å². The maximum Gasteiger partial charge on any atom is 0.247 e. The summed E-state index contributed by atoms with van der Waals surface area (Å²) in [7, 11) is 0. The summed E-state index contributed by atoms with van der Waals surface area (Å²) < 4.78 is 0. The van der Waals surface area contributed by atoms with E-state index in [-0.39, 0.29) is 11.9 Å². The van der Waals surface area contributed by atoms with Crippen LogP contribution in [0.3, 0.4) is 0 Å². The maximum absolute atomic E-state index is 12.1. The van der Waals surface area contributed by atoms with Gasteiger partial charge in [-0.15, -0.1) is 0 Å². The number of carbonyl (C=O) groups excluding carboxylic acids is 1. The molecule has 6 heteroatoms. The molecule has 2 aromatic carbocycles.